The van der Waals surface area contributed by atoms with Crippen LogP contribution in [0.2, 0.25) is 0 Å². The van der Waals surface area contributed by atoms with Gasteiger partial charge in [-0.25, -0.2) is 0 Å². The summed E-state index contributed by atoms with van der Waals surface area (Å²) in [6, 6.07) is 3.15. The lowest BCUT2D eigenvalue weighted by molar-refractivity contribution is -0.140. The van der Waals surface area contributed by atoms with E-state index in [-0.39, 0.29) is 5.69 Å². The molecule has 0 aliphatic carbocycles. The lowest BCUT2D eigenvalue weighted by Crippen LogP contribution is -2.19. The van der Waals surface area contributed by atoms with Gasteiger partial charge in [0.2, 0.25) is 0 Å². The van der Waals surface area contributed by atoms with E-state index in [2.05, 4.69) is 0 Å². The number of ether oxygens (including phenoxy) is 1. The minimum atomic E-state index is -4.43. The largest absolute Gasteiger partial charge is 0.468 e. The summed E-state index contributed by atoms with van der Waals surface area (Å²) in [5.41, 5.74) is 4.88. The first-order valence-electron chi connectivity index (χ1n) is 6.50. The second-order valence-electron chi connectivity index (χ2n) is 4.52. The first-order valence-corrected chi connectivity index (χ1v) is 7.38. The molecule has 0 aliphatic heterocycles. The molecule has 0 radical (unpaired) electrons. The number of methoxy groups -OCH3 is 1. The summed E-state index contributed by atoms with van der Waals surface area (Å²) in [5.74, 6) is -0.396. The van der Waals surface area contributed by atoms with Gasteiger partial charge in [-0.15, -0.1) is 11.8 Å². The Morgan fingerprint density at radius 3 is 2.57 bits per heavy atom. The normalized spacial score (nSPS) is 13.0. The van der Waals surface area contributed by atoms with Crippen LogP contribution in [0.15, 0.2) is 23.1 Å². The first-order chi connectivity index (χ1) is 9.79. The molecule has 0 bridgehead atoms. The lowest BCUT2D eigenvalue weighted by atomic mass is 10.2. The summed E-state index contributed by atoms with van der Waals surface area (Å²) < 4.78 is 42.4. The van der Waals surface area contributed by atoms with Crippen molar-refractivity contribution in [2.45, 2.75) is 42.5 Å². The third-order valence-electron chi connectivity index (χ3n) is 2.89. The molecule has 1 aromatic rings. The number of nitrogens with two attached hydrogens (primary N) is 1. The maximum Gasteiger partial charge on any atom is 0.416 e. The number of halogens is 3. The molecule has 0 aliphatic rings. The highest BCUT2D eigenvalue weighted by Crippen LogP contribution is 2.36. The Labute approximate surface area is 126 Å². The van der Waals surface area contributed by atoms with E-state index < -0.39 is 23.0 Å². The average Bonchev–Trinajstić information content (AvgIpc) is 2.43. The van der Waals surface area contributed by atoms with E-state index in [0.717, 1.165) is 36.7 Å². The van der Waals surface area contributed by atoms with Crippen LogP contribution in [0.5, 0.6) is 0 Å². The molecule has 0 amide bonds. The van der Waals surface area contributed by atoms with Gasteiger partial charge >= 0.3 is 12.1 Å². The number of hydrogen-bond donors (Lipinski definition) is 1. The predicted molar refractivity (Wildman–Crippen MR) is 77.0 cm³/mol. The molecule has 3 nitrogen and oxygen atoms in total. The zero-order valence-electron chi connectivity index (χ0n) is 11.9. The van der Waals surface area contributed by atoms with E-state index in [9.17, 15) is 18.0 Å². The smallest absolute Gasteiger partial charge is 0.416 e. The van der Waals surface area contributed by atoms with Crippen LogP contribution >= 0.6 is 11.8 Å². The van der Waals surface area contributed by atoms with Crippen LogP contribution in [0.4, 0.5) is 18.9 Å². The Kier molecular flexibility index (Phi) is 6.39. The van der Waals surface area contributed by atoms with Crippen molar-refractivity contribution >= 4 is 23.4 Å². The van der Waals surface area contributed by atoms with E-state index in [0.29, 0.717) is 11.3 Å². The molecule has 2 N–H and O–H groups in total. The minimum Gasteiger partial charge on any atom is -0.468 e. The van der Waals surface area contributed by atoms with Gasteiger partial charge in [-0.3, -0.25) is 4.79 Å². The summed E-state index contributed by atoms with van der Waals surface area (Å²) in [7, 11) is 1.29. The van der Waals surface area contributed by atoms with Crippen LogP contribution in [0.25, 0.3) is 0 Å². The van der Waals surface area contributed by atoms with Crippen molar-refractivity contribution in [3.05, 3.63) is 23.8 Å². The van der Waals surface area contributed by atoms with Crippen LogP contribution in [-0.2, 0) is 15.7 Å². The number of carbonyl (C=O) groups excluding carboxylic acids is 1. The van der Waals surface area contributed by atoms with E-state index in [1.165, 1.54) is 13.2 Å². The number of unbranched alkanes of at least 4 members (excludes halogenated alkanes) is 1. The third kappa shape index (κ3) is 5.15. The first kappa shape index (κ1) is 17.7. The van der Waals surface area contributed by atoms with Crippen LogP contribution < -0.4 is 5.73 Å². The molecule has 118 valence electrons. The fourth-order valence-electron chi connectivity index (χ4n) is 1.73. The zero-order valence-corrected chi connectivity index (χ0v) is 12.7. The fourth-order valence-corrected chi connectivity index (χ4v) is 2.86. The van der Waals surface area contributed by atoms with E-state index >= 15 is 0 Å². The molecular weight excluding hydrogens is 303 g/mol. The van der Waals surface area contributed by atoms with Crippen molar-refractivity contribution in [3.63, 3.8) is 0 Å². The minimum absolute atomic E-state index is 0.0141. The van der Waals surface area contributed by atoms with Crippen molar-refractivity contribution in [1.82, 2.24) is 0 Å². The third-order valence-corrected chi connectivity index (χ3v) is 4.23. The maximum absolute atomic E-state index is 12.6. The zero-order chi connectivity index (χ0) is 16.0. The number of esters is 1. The highest BCUT2D eigenvalue weighted by molar-refractivity contribution is 8.00. The number of anilines is 1. The Morgan fingerprint density at radius 1 is 1.43 bits per heavy atom. The number of rotatable bonds is 6. The van der Waals surface area contributed by atoms with E-state index in [1.54, 1.807) is 0 Å². The summed E-state index contributed by atoms with van der Waals surface area (Å²) >= 11 is 1.14. The molecular formula is C14H18F3NO2S. The van der Waals surface area contributed by atoms with Crippen LogP contribution in [-0.4, -0.2) is 18.3 Å². The number of alkyl halides is 3. The predicted octanol–water partition coefficient (Wildman–Crippen LogP) is 4.11. The van der Waals surface area contributed by atoms with Crippen LogP contribution in [0.3, 0.4) is 0 Å². The molecule has 1 aromatic carbocycles. The highest BCUT2D eigenvalue weighted by Gasteiger charge is 2.31. The van der Waals surface area contributed by atoms with Gasteiger partial charge in [-0.05, 0) is 24.6 Å². The number of benzene rings is 1. The second kappa shape index (κ2) is 7.59. The van der Waals surface area contributed by atoms with E-state index in [1.807, 2.05) is 6.92 Å². The fraction of sp³-hybridized carbons (Fsp3) is 0.500. The van der Waals surface area contributed by atoms with Crippen molar-refractivity contribution in [1.29, 1.82) is 0 Å². The number of hydrogen-bond acceptors (Lipinski definition) is 4. The Balaban J connectivity index is 2.91. The molecule has 0 saturated carbocycles. The summed E-state index contributed by atoms with van der Waals surface area (Å²) in [5, 5.41) is -0.464. The number of carbonyl (C=O) groups is 1. The standard InChI is InChI=1S/C14H18F3NO2S/c1-3-4-5-12(13(19)20-2)21-11-7-6-9(8-10(11)18)14(15,16)17/h6-8,12H,3-5,18H2,1-2H3. The summed E-state index contributed by atoms with van der Waals surface area (Å²) in [4.78, 5) is 12.1. The maximum atomic E-state index is 12.6. The molecule has 0 fully saturated rings. The van der Waals surface area contributed by atoms with Crippen molar-refractivity contribution in [2.24, 2.45) is 0 Å². The van der Waals surface area contributed by atoms with Gasteiger partial charge in [0.15, 0.2) is 0 Å². The summed E-state index contributed by atoms with van der Waals surface area (Å²) in [6.07, 6.45) is -2.10. The summed E-state index contributed by atoms with van der Waals surface area (Å²) in [6.45, 7) is 1.99. The highest BCUT2D eigenvalue weighted by atomic mass is 32.2. The molecule has 1 rings (SSSR count). The van der Waals surface area contributed by atoms with Gasteiger partial charge in [0.1, 0.15) is 5.25 Å². The molecule has 1 unspecified atom stereocenters. The molecule has 21 heavy (non-hydrogen) atoms. The van der Waals surface area contributed by atoms with Gasteiger partial charge in [-0.2, -0.15) is 13.2 Å². The SMILES string of the molecule is CCCCC(Sc1ccc(C(F)(F)F)cc1N)C(=O)OC. The van der Waals surface area contributed by atoms with Gasteiger partial charge < -0.3 is 10.5 Å². The topological polar surface area (TPSA) is 52.3 Å². The van der Waals surface area contributed by atoms with Gasteiger partial charge in [-0.1, -0.05) is 19.8 Å². The number of nitrogen functional groups attached to an aromatic ring is 1. The van der Waals surface area contributed by atoms with Crippen molar-refractivity contribution < 1.29 is 22.7 Å². The Bertz CT molecular complexity index is 492. The van der Waals surface area contributed by atoms with Gasteiger partial charge in [0, 0.05) is 10.6 Å². The van der Waals surface area contributed by atoms with Crippen LogP contribution in [0, 0.1) is 0 Å². The molecule has 0 saturated heterocycles. The van der Waals surface area contributed by atoms with Gasteiger partial charge in [0.05, 0.1) is 12.7 Å². The van der Waals surface area contributed by atoms with E-state index in [4.69, 9.17) is 10.5 Å². The van der Waals surface area contributed by atoms with Crippen molar-refractivity contribution in [2.75, 3.05) is 12.8 Å². The second-order valence-corrected chi connectivity index (χ2v) is 5.77. The van der Waals surface area contributed by atoms with Gasteiger partial charge in [0.25, 0.3) is 0 Å². The Hall–Kier alpha value is -1.37. The molecule has 0 aromatic heterocycles. The average molecular weight is 321 g/mol. The molecule has 0 spiro atoms. The molecule has 0 heterocycles. The molecule has 7 heteroatoms. The molecule has 1 atom stereocenters. The quantitative estimate of drug-likeness (QED) is 0.487. The Morgan fingerprint density at radius 2 is 2.10 bits per heavy atom. The van der Waals surface area contributed by atoms with Crippen molar-refractivity contribution in [3.8, 4) is 0 Å². The lowest BCUT2D eigenvalue weighted by Gasteiger charge is -2.16. The monoisotopic (exact) mass is 321 g/mol. The number of thioether (sulfide) groups is 1. The van der Waals surface area contributed by atoms with Crippen LogP contribution in [0.1, 0.15) is 31.7 Å².